The lowest BCUT2D eigenvalue weighted by atomic mass is 9.97. The van der Waals surface area contributed by atoms with Crippen LogP contribution in [-0.4, -0.2) is 79.2 Å². The Morgan fingerprint density at radius 1 is 1.13 bits per heavy atom. The van der Waals surface area contributed by atoms with Gasteiger partial charge < -0.3 is 34.5 Å². The molecule has 0 spiro atoms. The molecule has 0 unspecified atom stereocenters. The number of alkyl halides is 2. The van der Waals surface area contributed by atoms with Gasteiger partial charge in [0, 0.05) is 68.6 Å². The van der Waals surface area contributed by atoms with Crippen molar-refractivity contribution in [2.24, 2.45) is 0 Å². The van der Waals surface area contributed by atoms with Crippen molar-refractivity contribution in [3.63, 3.8) is 0 Å². The predicted molar refractivity (Wildman–Crippen MR) is 171 cm³/mol. The molecule has 2 N–H and O–H groups in total. The molecule has 242 valence electrons. The predicted octanol–water partition coefficient (Wildman–Crippen LogP) is 6.53. The summed E-state index contributed by atoms with van der Waals surface area (Å²) in [6, 6.07) is 7.90. The van der Waals surface area contributed by atoms with Crippen LogP contribution in [0.15, 0.2) is 24.3 Å². The summed E-state index contributed by atoms with van der Waals surface area (Å²) < 4.78 is 42.8. The van der Waals surface area contributed by atoms with Crippen LogP contribution >= 0.6 is 23.2 Å². The average Bonchev–Trinajstić information content (AvgIpc) is 3.00. The number of benzene rings is 2. The molecule has 0 saturated carbocycles. The lowest BCUT2D eigenvalue weighted by Gasteiger charge is -2.32. The van der Waals surface area contributed by atoms with Gasteiger partial charge in [-0.3, -0.25) is 0 Å². The number of fused-ring (bicyclic) bond motifs is 1. The standard InChI is InChI=1S/C32H37Cl2F2N5O4/c1-20(43)6-4-7-32(35,36)31-23(18-37)30(38-27-17-29(44-3)25(34)15-24(27)33)22-14-21(19-42)28(16-26(22)39-31)45-13-5-8-41-11-9-40(2)10-12-41/h14-17,42H,4-13,19H2,1-3H3,(H,38,39). The second kappa shape index (κ2) is 15.3. The number of Topliss-reactive ketones (excluding diaryl/α,β-unsaturated/α-hetero) is 1. The molecule has 1 saturated heterocycles. The normalized spacial score (nSPS) is 14.4. The van der Waals surface area contributed by atoms with Crippen LogP contribution in [0.5, 0.6) is 11.5 Å². The molecular formula is C32H37Cl2F2N5O4. The number of halogens is 4. The van der Waals surface area contributed by atoms with Crippen LogP contribution in [0.25, 0.3) is 10.9 Å². The highest BCUT2D eigenvalue weighted by atomic mass is 35.5. The van der Waals surface area contributed by atoms with Gasteiger partial charge in [-0.15, -0.1) is 0 Å². The number of ether oxygens (including phenoxy) is 2. The lowest BCUT2D eigenvalue weighted by Crippen LogP contribution is -2.44. The van der Waals surface area contributed by atoms with E-state index in [1.807, 2.05) is 6.07 Å². The first-order valence-electron chi connectivity index (χ1n) is 14.7. The summed E-state index contributed by atoms with van der Waals surface area (Å²) in [6.07, 6.45) is -0.0565. The zero-order chi connectivity index (χ0) is 32.7. The number of hydrogen-bond acceptors (Lipinski definition) is 9. The Kier molecular flexibility index (Phi) is 11.8. The summed E-state index contributed by atoms with van der Waals surface area (Å²) in [5.74, 6) is -3.16. The lowest BCUT2D eigenvalue weighted by molar-refractivity contribution is -0.117. The van der Waals surface area contributed by atoms with Crippen molar-refractivity contribution in [2.45, 2.75) is 45.1 Å². The van der Waals surface area contributed by atoms with Crippen LogP contribution in [0.3, 0.4) is 0 Å². The van der Waals surface area contributed by atoms with E-state index >= 15 is 8.78 Å². The van der Waals surface area contributed by atoms with Crippen molar-refractivity contribution < 1.29 is 28.2 Å². The van der Waals surface area contributed by atoms with E-state index < -0.39 is 30.2 Å². The number of nitrogens with zero attached hydrogens (tertiary/aromatic N) is 4. The Morgan fingerprint density at radius 2 is 1.87 bits per heavy atom. The number of piperazine rings is 1. The number of nitriles is 1. The largest absolute Gasteiger partial charge is 0.495 e. The van der Waals surface area contributed by atoms with Crippen molar-refractivity contribution in [1.82, 2.24) is 14.8 Å². The van der Waals surface area contributed by atoms with E-state index in [0.717, 1.165) is 39.1 Å². The van der Waals surface area contributed by atoms with Gasteiger partial charge >= 0.3 is 0 Å². The molecule has 13 heteroatoms. The van der Waals surface area contributed by atoms with E-state index in [9.17, 15) is 15.2 Å². The van der Waals surface area contributed by atoms with Gasteiger partial charge in [0.1, 0.15) is 34.6 Å². The highest BCUT2D eigenvalue weighted by Gasteiger charge is 2.38. The second-order valence-corrected chi connectivity index (χ2v) is 12.0. The van der Waals surface area contributed by atoms with E-state index in [1.54, 1.807) is 6.07 Å². The Labute approximate surface area is 271 Å². The Bertz CT molecular complexity index is 1580. The Hall–Kier alpha value is -3.27. The van der Waals surface area contributed by atoms with Crippen LogP contribution in [0, 0.1) is 11.3 Å². The Balaban J connectivity index is 1.76. The fourth-order valence-corrected chi connectivity index (χ4v) is 5.74. The number of rotatable bonds is 14. The van der Waals surface area contributed by atoms with Gasteiger partial charge in [-0.25, -0.2) is 4.98 Å². The minimum absolute atomic E-state index is 0.0198. The molecule has 0 bridgehead atoms. The molecule has 0 amide bonds. The number of aliphatic hydroxyl groups excluding tert-OH is 1. The average molecular weight is 665 g/mol. The summed E-state index contributed by atoms with van der Waals surface area (Å²) >= 11 is 12.7. The van der Waals surface area contributed by atoms with Crippen molar-refractivity contribution >= 4 is 51.3 Å². The van der Waals surface area contributed by atoms with Crippen LogP contribution in [0.4, 0.5) is 20.2 Å². The maximum Gasteiger partial charge on any atom is 0.291 e. The van der Waals surface area contributed by atoms with Crippen molar-refractivity contribution in [3.8, 4) is 17.6 Å². The molecule has 0 radical (unpaired) electrons. The number of carbonyl (C=O) groups excluding carboxylic acids is 1. The molecule has 1 aliphatic rings. The SMILES string of the molecule is COc1cc(Nc2c(C#N)c(C(F)(F)CCCC(C)=O)nc3cc(OCCCN4CCN(C)CC4)c(CO)cc23)c(Cl)cc1Cl. The molecule has 2 aromatic carbocycles. The zero-order valence-electron chi connectivity index (χ0n) is 25.6. The van der Waals surface area contributed by atoms with Crippen molar-refractivity contribution in [2.75, 3.05) is 58.8 Å². The minimum Gasteiger partial charge on any atom is -0.495 e. The summed E-state index contributed by atoms with van der Waals surface area (Å²) in [6.45, 7) is 6.08. The molecule has 0 atom stereocenters. The van der Waals surface area contributed by atoms with Crippen LogP contribution in [-0.2, 0) is 17.3 Å². The third kappa shape index (κ3) is 8.51. The molecule has 1 aliphatic heterocycles. The van der Waals surface area contributed by atoms with Gasteiger partial charge in [0.15, 0.2) is 0 Å². The third-order valence-corrected chi connectivity index (χ3v) is 8.40. The molecule has 1 aromatic heterocycles. The fourth-order valence-electron chi connectivity index (χ4n) is 5.23. The zero-order valence-corrected chi connectivity index (χ0v) is 27.1. The summed E-state index contributed by atoms with van der Waals surface area (Å²) in [4.78, 5) is 20.4. The number of ketones is 1. The monoisotopic (exact) mass is 663 g/mol. The number of nitrogens with one attached hydrogen (secondary N) is 1. The molecule has 4 rings (SSSR count). The number of aliphatic hydroxyl groups is 1. The summed E-state index contributed by atoms with van der Waals surface area (Å²) in [5, 5.41) is 24.2. The van der Waals surface area contributed by atoms with Gasteiger partial charge in [-0.1, -0.05) is 23.2 Å². The van der Waals surface area contributed by atoms with Crippen LogP contribution in [0.1, 0.15) is 49.4 Å². The highest BCUT2D eigenvalue weighted by molar-refractivity contribution is 6.37. The fraction of sp³-hybridized carbons (Fsp3) is 0.469. The Morgan fingerprint density at radius 3 is 2.51 bits per heavy atom. The van der Waals surface area contributed by atoms with Gasteiger partial charge in [0.2, 0.25) is 0 Å². The number of methoxy groups -OCH3 is 1. The molecule has 9 nitrogen and oxygen atoms in total. The van der Waals surface area contributed by atoms with E-state index in [4.69, 9.17) is 32.7 Å². The first-order valence-corrected chi connectivity index (χ1v) is 15.5. The van der Waals surface area contributed by atoms with Crippen LogP contribution < -0.4 is 14.8 Å². The van der Waals surface area contributed by atoms with Crippen molar-refractivity contribution in [1.29, 1.82) is 5.26 Å². The first kappa shape index (κ1) is 34.6. The van der Waals surface area contributed by atoms with E-state index in [-0.39, 0.29) is 51.3 Å². The highest BCUT2D eigenvalue weighted by Crippen LogP contribution is 2.43. The molecule has 2 heterocycles. The number of hydrogen-bond donors (Lipinski definition) is 2. The van der Waals surface area contributed by atoms with Gasteiger partial charge in [-0.2, -0.15) is 14.0 Å². The quantitative estimate of drug-likeness (QED) is 0.186. The number of pyridine rings is 1. The van der Waals surface area contributed by atoms with Gasteiger partial charge in [-0.05, 0) is 38.9 Å². The topological polar surface area (TPSA) is 111 Å². The first-order chi connectivity index (χ1) is 21.5. The maximum absolute atomic E-state index is 15.8. The third-order valence-electron chi connectivity index (χ3n) is 7.79. The molecule has 1 fully saturated rings. The van der Waals surface area contributed by atoms with Gasteiger partial charge in [0.25, 0.3) is 5.92 Å². The molecule has 45 heavy (non-hydrogen) atoms. The van der Waals surface area contributed by atoms with Crippen molar-refractivity contribution in [3.05, 3.63) is 51.1 Å². The smallest absolute Gasteiger partial charge is 0.291 e. The summed E-state index contributed by atoms with van der Waals surface area (Å²) in [7, 11) is 3.51. The molecular weight excluding hydrogens is 627 g/mol. The number of likely N-dealkylation sites (N-methyl/N-ethyl adjacent to an activating group) is 1. The number of carbonyl (C=O) groups is 1. The summed E-state index contributed by atoms with van der Waals surface area (Å²) in [5.41, 5.74) is -0.338. The number of aromatic nitrogens is 1. The minimum atomic E-state index is -3.54. The molecule has 0 aliphatic carbocycles. The van der Waals surface area contributed by atoms with E-state index in [0.29, 0.717) is 23.3 Å². The second-order valence-electron chi connectivity index (χ2n) is 11.2. The van der Waals surface area contributed by atoms with E-state index in [1.165, 1.54) is 32.2 Å². The van der Waals surface area contributed by atoms with Gasteiger partial charge in [0.05, 0.1) is 47.3 Å². The maximum atomic E-state index is 15.8. The molecule has 3 aromatic rings. The van der Waals surface area contributed by atoms with Crippen LogP contribution in [0.2, 0.25) is 10.0 Å². The van der Waals surface area contributed by atoms with E-state index in [2.05, 4.69) is 27.1 Å². The number of anilines is 2.